The standard InChI is InChI=1S/C28H32F3N5O3/c29-28(30,31)39-23-11-7-20(8-12-23)34-27(37)36(25-4-2-1-3-24(25)32)22-13-16-35(17-14-22)21-9-5-19(6-10-21)26-33-15-18-38-26/h5-12,15,18,22,24-25H,1-4,13-14,16-17,32H2,(H,34,37). The minimum atomic E-state index is -4.77. The Morgan fingerprint density at radius 3 is 2.33 bits per heavy atom. The predicted octanol–water partition coefficient (Wildman–Crippen LogP) is 6.01. The van der Waals surface area contributed by atoms with Gasteiger partial charge in [0.25, 0.3) is 0 Å². The molecule has 2 unspecified atom stereocenters. The first-order valence-electron chi connectivity index (χ1n) is 13.2. The molecule has 39 heavy (non-hydrogen) atoms. The van der Waals surface area contributed by atoms with Gasteiger partial charge in [-0.2, -0.15) is 0 Å². The van der Waals surface area contributed by atoms with E-state index in [0.717, 1.165) is 62.9 Å². The van der Waals surface area contributed by atoms with Gasteiger partial charge >= 0.3 is 12.4 Å². The lowest BCUT2D eigenvalue weighted by Gasteiger charge is -2.46. The SMILES string of the molecule is NC1CCCCC1N(C(=O)Nc1ccc(OC(F)(F)F)cc1)C1CCN(c2ccc(-c3ncco3)cc2)CC1. The summed E-state index contributed by atoms with van der Waals surface area (Å²) in [4.78, 5) is 22.0. The van der Waals surface area contributed by atoms with Crippen LogP contribution in [0, 0.1) is 0 Å². The summed E-state index contributed by atoms with van der Waals surface area (Å²) in [5, 5.41) is 2.88. The van der Waals surface area contributed by atoms with Crippen LogP contribution in [0.3, 0.4) is 0 Å². The number of nitrogens with zero attached hydrogens (tertiary/aromatic N) is 3. The Morgan fingerprint density at radius 1 is 1.03 bits per heavy atom. The lowest BCUT2D eigenvalue weighted by molar-refractivity contribution is -0.274. The van der Waals surface area contributed by atoms with E-state index >= 15 is 0 Å². The van der Waals surface area contributed by atoms with Crippen molar-refractivity contribution in [2.45, 2.75) is 63.0 Å². The fourth-order valence-electron chi connectivity index (χ4n) is 5.58. The van der Waals surface area contributed by atoms with Crippen LogP contribution in [0.5, 0.6) is 5.75 Å². The normalized spacial score (nSPS) is 20.5. The monoisotopic (exact) mass is 543 g/mol. The zero-order valence-corrected chi connectivity index (χ0v) is 21.4. The molecule has 5 rings (SSSR count). The Morgan fingerprint density at radius 2 is 1.72 bits per heavy atom. The maximum absolute atomic E-state index is 13.6. The fourth-order valence-corrected chi connectivity index (χ4v) is 5.58. The molecule has 11 heteroatoms. The van der Waals surface area contributed by atoms with Crippen LogP contribution in [0.2, 0.25) is 0 Å². The first-order chi connectivity index (χ1) is 18.8. The van der Waals surface area contributed by atoms with E-state index in [2.05, 4.69) is 19.9 Å². The molecule has 1 saturated heterocycles. The van der Waals surface area contributed by atoms with Gasteiger partial charge in [-0.1, -0.05) is 12.8 Å². The number of alkyl halides is 3. The molecule has 1 aliphatic carbocycles. The van der Waals surface area contributed by atoms with E-state index in [9.17, 15) is 18.0 Å². The van der Waals surface area contributed by atoms with Gasteiger partial charge in [0.2, 0.25) is 5.89 Å². The van der Waals surface area contributed by atoms with Crippen molar-refractivity contribution in [2.75, 3.05) is 23.3 Å². The van der Waals surface area contributed by atoms with Crippen molar-refractivity contribution in [1.82, 2.24) is 9.88 Å². The second-order valence-electron chi connectivity index (χ2n) is 10.0. The van der Waals surface area contributed by atoms with Gasteiger partial charge in [0.05, 0.1) is 6.20 Å². The molecule has 2 amide bonds. The molecule has 2 heterocycles. The number of nitrogens with one attached hydrogen (secondary N) is 1. The number of amides is 2. The molecule has 2 atom stereocenters. The number of ether oxygens (including phenoxy) is 1. The fraction of sp³-hybridized carbons (Fsp3) is 0.429. The van der Waals surface area contributed by atoms with E-state index in [1.54, 1.807) is 12.5 Å². The van der Waals surface area contributed by atoms with Gasteiger partial charge in [-0.05, 0) is 74.2 Å². The summed E-state index contributed by atoms with van der Waals surface area (Å²) in [5.74, 6) is 0.237. The van der Waals surface area contributed by atoms with Crippen molar-refractivity contribution in [2.24, 2.45) is 5.73 Å². The second kappa shape index (κ2) is 11.6. The summed E-state index contributed by atoms with van der Waals surface area (Å²) >= 11 is 0. The molecule has 3 aromatic rings. The number of oxazole rings is 1. The first-order valence-corrected chi connectivity index (χ1v) is 13.2. The summed E-state index contributed by atoms with van der Waals surface area (Å²) in [5.41, 5.74) is 8.90. The number of piperidine rings is 1. The molecular weight excluding hydrogens is 511 g/mol. The highest BCUT2D eigenvalue weighted by Gasteiger charge is 2.37. The third kappa shape index (κ3) is 6.65. The minimum absolute atomic E-state index is 0.00479. The highest BCUT2D eigenvalue weighted by atomic mass is 19.4. The van der Waals surface area contributed by atoms with Crippen LogP contribution in [-0.2, 0) is 0 Å². The number of urea groups is 1. The number of nitrogens with two attached hydrogens (primary N) is 1. The van der Waals surface area contributed by atoms with Crippen molar-refractivity contribution < 1.29 is 27.1 Å². The molecule has 8 nitrogen and oxygen atoms in total. The maximum Gasteiger partial charge on any atom is 0.573 e. The van der Waals surface area contributed by atoms with Crippen LogP contribution in [-0.4, -0.2) is 53.5 Å². The van der Waals surface area contributed by atoms with Gasteiger partial charge in [-0.3, -0.25) is 0 Å². The Labute approximate surface area is 224 Å². The number of carbonyl (C=O) groups is 1. The van der Waals surface area contributed by atoms with Crippen molar-refractivity contribution in [3.8, 4) is 17.2 Å². The van der Waals surface area contributed by atoms with Gasteiger partial charge in [-0.25, -0.2) is 9.78 Å². The first kappa shape index (κ1) is 26.9. The van der Waals surface area contributed by atoms with Crippen LogP contribution < -0.4 is 20.7 Å². The van der Waals surface area contributed by atoms with Crippen molar-refractivity contribution in [1.29, 1.82) is 0 Å². The van der Waals surface area contributed by atoms with Crippen molar-refractivity contribution in [3.63, 3.8) is 0 Å². The Kier molecular flexibility index (Phi) is 7.97. The molecule has 3 N–H and O–H groups in total. The van der Waals surface area contributed by atoms with E-state index in [-0.39, 0.29) is 29.9 Å². The van der Waals surface area contributed by atoms with Gasteiger partial charge in [0, 0.05) is 48.2 Å². The van der Waals surface area contributed by atoms with Crippen LogP contribution >= 0.6 is 0 Å². The van der Waals surface area contributed by atoms with Crippen LogP contribution in [0.15, 0.2) is 65.4 Å². The molecule has 1 aromatic heterocycles. The van der Waals surface area contributed by atoms with E-state index in [0.29, 0.717) is 11.6 Å². The Bertz CT molecular complexity index is 1210. The average molecular weight is 544 g/mol. The summed E-state index contributed by atoms with van der Waals surface area (Å²) in [6.07, 6.45) is 3.66. The van der Waals surface area contributed by atoms with Crippen molar-refractivity contribution >= 4 is 17.4 Å². The molecule has 0 radical (unpaired) electrons. The predicted molar refractivity (Wildman–Crippen MR) is 141 cm³/mol. The number of benzene rings is 2. The van der Waals surface area contributed by atoms with Crippen LogP contribution in [0.4, 0.5) is 29.3 Å². The molecule has 208 valence electrons. The Hall–Kier alpha value is -3.73. The lowest BCUT2D eigenvalue weighted by atomic mass is 9.88. The largest absolute Gasteiger partial charge is 0.573 e. The molecule has 2 aromatic carbocycles. The molecular formula is C28H32F3N5O3. The van der Waals surface area contributed by atoms with Gasteiger partial charge in [0.15, 0.2) is 0 Å². The summed E-state index contributed by atoms with van der Waals surface area (Å²) in [7, 11) is 0. The number of hydrogen-bond acceptors (Lipinski definition) is 6. The third-order valence-electron chi connectivity index (χ3n) is 7.48. The average Bonchev–Trinajstić information content (AvgIpc) is 3.46. The van der Waals surface area contributed by atoms with Gasteiger partial charge < -0.3 is 30.0 Å². The van der Waals surface area contributed by atoms with Crippen molar-refractivity contribution in [3.05, 3.63) is 61.0 Å². The highest BCUT2D eigenvalue weighted by molar-refractivity contribution is 5.90. The van der Waals surface area contributed by atoms with E-state index in [1.807, 2.05) is 29.2 Å². The number of halogens is 3. The number of rotatable bonds is 6. The van der Waals surface area contributed by atoms with Gasteiger partial charge in [0.1, 0.15) is 12.0 Å². The van der Waals surface area contributed by atoms with Crippen LogP contribution in [0.1, 0.15) is 38.5 Å². The number of hydrogen-bond donors (Lipinski definition) is 2. The topological polar surface area (TPSA) is 96.9 Å². The van der Waals surface area contributed by atoms with E-state index in [1.165, 1.54) is 24.3 Å². The zero-order chi connectivity index (χ0) is 27.4. The molecule has 1 saturated carbocycles. The number of aromatic nitrogens is 1. The van der Waals surface area contributed by atoms with Gasteiger partial charge in [-0.15, -0.1) is 13.2 Å². The zero-order valence-electron chi connectivity index (χ0n) is 21.4. The van der Waals surface area contributed by atoms with Crippen LogP contribution in [0.25, 0.3) is 11.5 Å². The molecule has 2 fully saturated rings. The molecule has 0 bridgehead atoms. The summed E-state index contributed by atoms with van der Waals surface area (Å²) in [6.45, 7) is 1.55. The number of carbonyl (C=O) groups excluding carboxylic acids is 1. The smallest absolute Gasteiger partial charge is 0.445 e. The highest BCUT2D eigenvalue weighted by Crippen LogP contribution is 2.31. The maximum atomic E-state index is 13.6. The summed E-state index contributed by atoms with van der Waals surface area (Å²) < 4.78 is 46.8. The quantitative estimate of drug-likeness (QED) is 0.395. The number of anilines is 2. The van der Waals surface area contributed by atoms with E-state index in [4.69, 9.17) is 10.2 Å². The molecule has 0 spiro atoms. The Balaban J connectivity index is 1.26. The minimum Gasteiger partial charge on any atom is -0.445 e. The second-order valence-corrected chi connectivity index (χ2v) is 10.0. The summed E-state index contributed by atoms with van der Waals surface area (Å²) in [6, 6.07) is 12.8. The molecule has 1 aliphatic heterocycles. The lowest BCUT2D eigenvalue weighted by Crippen LogP contribution is -2.59. The van der Waals surface area contributed by atoms with E-state index < -0.39 is 6.36 Å². The third-order valence-corrected chi connectivity index (χ3v) is 7.48. The molecule has 2 aliphatic rings.